The SMILES string of the molecule is COc1ccc(NC(=O)Nc2ccnn2C)cc1Cl. The van der Waals surface area contributed by atoms with Crippen molar-refractivity contribution in [3.8, 4) is 5.75 Å². The first kappa shape index (κ1) is 13.2. The van der Waals surface area contributed by atoms with E-state index in [1.165, 1.54) is 7.11 Å². The van der Waals surface area contributed by atoms with Gasteiger partial charge in [-0.15, -0.1) is 0 Å². The number of anilines is 2. The minimum absolute atomic E-state index is 0.371. The summed E-state index contributed by atoms with van der Waals surface area (Å²) in [6.45, 7) is 0. The number of nitrogens with zero attached hydrogens (tertiary/aromatic N) is 2. The van der Waals surface area contributed by atoms with Crippen molar-refractivity contribution in [1.82, 2.24) is 9.78 Å². The van der Waals surface area contributed by atoms with Gasteiger partial charge in [-0.25, -0.2) is 4.79 Å². The molecule has 19 heavy (non-hydrogen) atoms. The maximum atomic E-state index is 11.8. The van der Waals surface area contributed by atoms with Gasteiger partial charge in [-0.05, 0) is 18.2 Å². The van der Waals surface area contributed by atoms with Gasteiger partial charge in [-0.3, -0.25) is 10.00 Å². The van der Waals surface area contributed by atoms with Crippen LogP contribution in [-0.4, -0.2) is 22.9 Å². The molecule has 0 unspecified atom stereocenters. The first-order valence-corrected chi connectivity index (χ1v) is 5.87. The summed E-state index contributed by atoms with van der Waals surface area (Å²) in [5.74, 6) is 1.15. The summed E-state index contributed by atoms with van der Waals surface area (Å²) in [6.07, 6.45) is 1.60. The smallest absolute Gasteiger partial charge is 0.324 e. The molecule has 0 spiro atoms. The molecule has 2 amide bonds. The fourth-order valence-electron chi connectivity index (χ4n) is 1.52. The van der Waals surface area contributed by atoms with Crippen LogP contribution in [0.4, 0.5) is 16.3 Å². The van der Waals surface area contributed by atoms with Gasteiger partial charge in [0.15, 0.2) is 0 Å². The summed E-state index contributed by atoms with van der Waals surface area (Å²) in [5, 5.41) is 9.71. The average Bonchev–Trinajstić information content (AvgIpc) is 2.75. The predicted octanol–water partition coefficient (Wildman–Crippen LogP) is 2.73. The molecule has 7 heteroatoms. The normalized spacial score (nSPS) is 10.1. The topological polar surface area (TPSA) is 68.2 Å². The molecule has 0 saturated carbocycles. The number of methoxy groups -OCH3 is 1. The fourth-order valence-corrected chi connectivity index (χ4v) is 1.78. The summed E-state index contributed by atoms with van der Waals surface area (Å²) >= 11 is 5.97. The van der Waals surface area contributed by atoms with Gasteiger partial charge in [0.2, 0.25) is 0 Å². The van der Waals surface area contributed by atoms with Crippen molar-refractivity contribution in [3.05, 3.63) is 35.5 Å². The van der Waals surface area contributed by atoms with Crippen LogP contribution in [0.2, 0.25) is 5.02 Å². The quantitative estimate of drug-likeness (QED) is 0.908. The average molecular weight is 281 g/mol. The van der Waals surface area contributed by atoms with Crippen molar-refractivity contribution >= 4 is 29.1 Å². The Kier molecular flexibility index (Phi) is 3.91. The molecule has 1 heterocycles. The highest BCUT2D eigenvalue weighted by Crippen LogP contribution is 2.27. The number of urea groups is 1. The molecule has 2 N–H and O–H groups in total. The van der Waals surface area contributed by atoms with Gasteiger partial charge in [-0.2, -0.15) is 5.10 Å². The van der Waals surface area contributed by atoms with Gasteiger partial charge < -0.3 is 10.1 Å². The fraction of sp³-hybridized carbons (Fsp3) is 0.167. The number of amides is 2. The van der Waals surface area contributed by atoms with Crippen molar-refractivity contribution in [2.75, 3.05) is 17.7 Å². The molecule has 0 aliphatic rings. The molecule has 0 fully saturated rings. The van der Waals surface area contributed by atoms with Crippen molar-refractivity contribution in [2.45, 2.75) is 0 Å². The van der Waals surface area contributed by atoms with Crippen LogP contribution in [-0.2, 0) is 7.05 Å². The largest absolute Gasteiger partial charge is 0.495 e. The van der Waals surface area contributed by atoms with Crippen molar-refractivity contribution in [1.29, 1.82) is 0 Å². The molecule has 0 radical (unpaired) electrons. The van der Waals surface area contributed by atoms with E-state index in [-0.39, 0.29) is 6.03 Å². The number of carbonyl (C=O) groups excluding carboxylic acids is 1. The van der Waals surface area contributed by atoms with Crippen LogP contribution in [0.25, 0.3) is 0 Å². The van der Waals surface area contributed by atoms with E-state index in [9.17, 15) is 4.79 Å². The number of benzene rings is 1. The van der Waals surface area contributed by atoms with Crippen molar-refractivity contribution < 1.29 is 9.53 Å². The van der Waals surface area contributed by atoms with Crippen LogP contribution in [0.1, 0.15) is 0 Å². The standard InChI is InChI=1S/C12H13ClN4O2/c1-17-11(5-6-14-17)16-12(18)15-8-3-4-10(19-2)9(13)7-8/h3-7H,1-2H3,(H2,15,16,18). The third-order valence-corrected chi connectivity index (χ3v) is 2.77. The number of rotatable bonds is 3. The summed E-state index contributed by atoms with van der Waals surface area (Å²) in [6, 6.07) is 6.32. The zero-order chi connectivity index (χ0) is 13.8. The Bertz CT molecular complexity index is 597. The molecule has 0 atom stereocenters. The summed E-state index contributed by atoms with van der Waals surface area (Å²) in [5.41, 5.74) is 0.575. The Morgan fingerprint density at radius 2 is 2.16 bits per heavy atom. The third-order valence-electron chi connectivity index (χ3n) is 2.47. The second kappa shape index (κ2) is 5.62. The molecule has 2 aromatic rings. The second-order valence-corrected chi connectivity index (χ2v) is 4.18. The molecule has 0 aliphatic carbocycles. The van der Waals surface area contributed by atoms with Crippen LogP contribution >= 0.6 is 11.6 Å². The van der Waals surface area contributed by atoms with Crippen LogP contribution in [0.5, 0.6) is 5.75 Å². The van der Waals surface area contributed by atoms with E-state index in [1.54, 1.807) is 42.2 Å². The number of aryl methyl sites for hydroxylation is 1. The Labute approximate surface area is 115 Å². The zero-order valence-electron chi connectivity index (χ0n) is 10.5. The van der Waals surface area contributed by atoms with Gasteiger partial charge in [0, 0.05) is 18.8 Å². The number of carbonyl (C=O) groups is 1. The van der Waals surface area contributed by atoms with E-state index < -0.39 is 0 Å². The number of hydrogen-bond donors (Lipinski definition) is 2. The minimum Gasteiger partial charge on any atom is -0.495 e. The number of aromatic nitrogens is 2. The molecule has 6 nitrogen and oxygen atoms in total. The lowest BCUT2D eigenvalue weighted by Crippen LogP contribution is -2.21. The van der Waals surface area contributed by atoms with Crippen LogP contribution < -0.4 is 15.4 Å². The predicted molar refractivity (Wildman–Crippen MR) is 73.9 cm³/mol. The summed E-state index contributed by atoms with van der Waals surface area (Å²) in [7, 11) is 3.27. The number of hydrogen-bond acceptors (Lipinski definition) is 3. The van der Waals surface area contributed by atoms with Crippen LogP contribution in [0.3, 0.4) is 0 Å². The number of ether oxygens (including phenoxy) is 1. The van der Waals surface area contributed by atoms with E-state index in [0.29, 0.717) is 22.3 Å². The van der Waals surface area contributed by atoms with E-state index in [0.717, 1.165) is 0 Å². The highest BCUT2D eigenvalue weighted by molar-refractivity contribution is 6.32. The first-order chi connectivity index (χ1) is 9.10. The lowest BCUT2D eigenvalue weighted by atomic mass is 10.3. The third kappa shape index (κ3) is 3.17. The monoisotopic (exact) mass is 280 g/mol. The van der Waals surface area contributed by atoms with Crippen LogP contribution in [0, 0.1) is 0 Å². The summed E-state index contributed by atoms with van der Waals surface area (Å²) < 4.78 is 6.59. The minimum atomic E-state index is -0.371. The highest BCUT2D eigenvalue weighted by atomic mass is 35.5. The molecule has 0 saturated heterocycles. The lowest BCUT2D eigenvalue weighted by Gasteiger charge is -2.09. The summed E-state index contributed by atoms with van der Waals surface area (Å²) in [4.78, 5) is 11.8. The Hall–Kier alpha value is -2.21. The molecule has 2 rings (SSSR count). The first-order valence-electron chi connectivity index (χ1n) is 5.49. The zero-order valence-corrected chi connectivity index (χ0v) is 11.2. The molecule has 0 bridgehead atoms. The molecule has 100 valence electrons. The maximum absolute atomic E-state index is 11.8. The Morgan fingerprint density at radius 1 is 1.37 bits per heavy atom. The van der Waals surface area contributed by atoms with Gasteiger partial charge in [0.1, 0.15) is 11.6 Å². The highest BCUT2D eigenvalue weighted by Gasteiger charge is 2.07. The molecule has 0 aliphatic heterocycles. The molecule has 1 aromatic carbocycles. The number of halogens is 1. The van der Waals surface area contributed by atoms with Crippen molar-refractivity contribution in [2.24, 2.45) is 7.05 Å². The van der Waals surface area contributed by atoms with E-state index in [2.05, 4.69) is 15.7 Å². The van der Waals surface area contributed by atoms with Gasteiger partial charge in [0.25, 0.3) is 0 Å². The van der Waals surface area contributed by atoms with Gasteiger partial charge in [0.05, 0.1) is 18.3 Å². The van der Waals surface area contributed by atoms with E-state index >= 15 is 0 Å². The molecule has 1 aromatic heterocycles. The molecular weight excluding hydrogens is 268 g/mol. The molecular formula is C12H13ClN4O2. The maximum Gasteiger partial charge on any atom is 0.324 e. The second-order valence-electron chi connectivity index (χ2n) is 3.77. The number of nitrogens with one attached hydrogen (secondary N) is 2. The van der Waals surface area contributed by atoms with E-state index in [4.69, 9.17) is 16.3 Å². The van der Waals surface area contributed by atoms with E-state index in [1.807, 2.05) is 0 Å². The van der Waals surface area contributed by atoms with Crippen molar-refractivity contribution in [3.63, 3.8) is 0 Å². The van der Waals surface area contributed by atoms with Crippen LogP contribution in [0.15, 0.2) is 30.5 Å². The Morgan fingerprint density at radius 3 is 2.74 bits per heavy atom. The van der Waals surface area contributed by atoms with Gasteiger partial charge in [-0.1, -0.05) is 11.6 Å². The van der Waals surface area contributed by atoms with Gasteiger partial charge >= 0.3 is 6.03 Å². The lowest BCUT2D eigenvalue weighted by molar-refractivity contribution is 0.262. The Balaban J connectivity index is 2.03.